The van der Waals surface area contributed by atoms with Crippen molar-refractivity contribution in [2.75, 3.05) is 12.4 Å². The van der Waals surface area contributed by atoms with Crippen LogP contribution in [0.5, 0.6) is 0 Å². The summed E-state index contributed by atoms with van der Waals surface area (Å²) in [6.45, 7) is 4.62. The summed E-state index contributed by atoms with van der Waals surface area (Å²) in [6, 6.07) is 18.0. The minimum Gasteiger partial charge on any atom is -0.465 e. The summed E-state index contributed by atoms with van der Waals surface area (Å²) >= 11 is 0. The molecule has 0 unspecified atom stereocenters. The Kier molecular flexibility index (Phi) is 7.70. The quantitative estimate of drug-likeness (QED) is 0.344. The number of nitrogens with zero attached hydrogens (tertiary/aromatic N) is 2. The van der Waals surface area contributed by atoms with Crippen LogP contribution in [0.4, 0.5) is 5.69 Å². The average Bonchev–Trinajstić information content (AvgIpc) is 2.83. The van der Waals surface area contributed by atoms with Gasteiger partial charge in [-0.05, 0) is 59.5 Å². The first-order chi connectivity index (χ1) is 15.5. The van der Waals surface area contributed by atoms with Crippen LogP contribution in [0.15, 0.2) is 78.0 Å². The Hall–Kier alpha value is -4.00. The first-order valence-electron chi connectivity index (χ1n) is 10.3. The maximum atomic E-state index is 12.8. The SMILES string of the molecule is COC(=O)c1ccc(C(=O)NC(=NCc2cccnc2)Nc2ccc(C(C)C)cc2)cc1. The Bertz CT molecular complexity index is 1080. The molecule has 2 N–H and O–H groups in total. The highest BCUT2D eigenvalue weighted by Crippen LogP contribution is 2.17. The number of hydrogen-bond donors (Lipinski definition) is 2. The van der Waals surface area contributed by atoms with Gasteiger partial charge in [-0.3, -0.25) is 15.1 Å². The van der Waals surface area contributed by atoms with Gasteiger partial charge < -0.3 is 10.1 Å². The number of aromatic nitrogens is 1. The van der Waals surface area contributed by atoms with Crippen molar-refractivity contribution in [3.05, 3.63) is 95.3 Å². The van der Waals surface area contributed by atoms with E-state index in [4.69, 9.17) is 4.74 Å². The maximum absolute atomic E-state index is 12.8. The van der Waals surface area contributed by atoms with Crippen LogP contribution in [0.3, 0.4) is 0 Å². The van der Waals surface area contributed by atoms with E-state index in [9.17, 15) is 9.59 Å². The second kappa shape index (κ2) is 10.9. The predicted molar refractivity (Wildman–Crippen MR) is 125 cm³/mol. The van der Waals surface area contributed by atoms with Crippen molar-refractivity contribution < 1.29 is 14.3 Å². The first kappa shape index (κ1) is 22.7. The summed E-state index contributed by atoms with van der Waals surface area (Å²) in [7, 11) is 1.31. The van der Waals surface area contributed by atoms with Crippen molar-refractivity contribution in [3.63, 3.8) is 0 Å². The molecule has 0 aliphatic carbocycles. The van der Waals surface area contributed by atoms with E-state index in [1.165, 1.54) is 12.7 Å². The summed E-state index contributed by atoms with van der Waals surface area (Å²) in [5.74, 6) is -0.0662. The second-order valence-electron chi connectivity index (χ2n) is 7.45. The van der Waals surface area contributed by atoms with Crippen molar-refractivity contribution in [2.45, 2.75) is 26.3 Å². The van der Waals surface area contributed by atoms with E-state index in [-0.39, 0.29) is 5.91 Å². The van der Waals surface area contributed by atoms with Crippen LogP contribution in [0, 0.1) is 0 Å². The molecule has 0 saturated carbocycles. The first-order valence-corrected chi connectivity index (χ1v) is 10.3. The van der Waals surface area contributed by atoms with E-state index in [0.717, 1.165) is 11.3 Å². The molecule has 1 heterocycles. The highest BCUT2D eigenvalue weighted by molar-refractivity contribution is 6.10. The standard InChI is InChI=1S/C25H26N4O3/c1-17(2)19-10-12-22(13-11-19)28-25(27-16-18-5-4-14-26-15-18)29-23(30)20-6-8-21(9-7-20)24(31)32-3/h4-15,17H,16H2,1-3H3,(H2,27,28,29,30). The van der Waals surface area contributed by atoms with E-state index < -0.39 is 5.97 Å². The number of ether oxygens (including phenoxy) is 1. The lowest BCUT2D eigenvalue weighted by atomic mass is 10.0. The Morgan fingerprint density at radius 3 is 2.28 bits per heavy atom. The third-order valence-electron chi connectivity index (χ3n) is 4.78. The van der Waals surface area contributed by atoms with Gasteiger partial charge in [0.15, 0.2) is 0 Å². The molecule has 0 atom stereocenters. The second-order valence-corrected chi connectivity index (χ2v) is 7.45. The number of aliphatic imine (C=N–C) groups is 1. The average molecular weight is 431 g/mol. The van der Waals surface area contributed by atoms with Gasteiger partial charge in [-0.2, -0.15) is 0 Å². The molecule has 3 aromatic rings. The molecule has 0 saturated heterocycles. The summed E-state index contributed by atoms with van der Waals surface area (Å²) in [5.41, 5.74) is 3.71. The fraction of sp³-hybridized carbons (Fsp3) is 0.200. The maximum Gasteiger partial charge on any atom is 0.337 e. The third-order valence-corrected chi connectivity index (χ3v) is 4.78. The van der Waals surface area contributed by atoms with Gasteiger partial charge in [0.2, 0.25) is 5.96 Å². The van der Waals surface area contributed by atoms with E-state index in [0.29, 0.717) is 29.5 Å². The van der Waals surface area contributed by atoms with Gasteiger partial charge in [0.05, 0.1) is 19.2 Å². The zero-order chi connectivity index (χ0) is 22.9. The molecule has 0 aliphatic rings. The van der Waals surface area contributed by atoms with E-state index in [2.05, 4.69) is 34.5 Å². The van der Waals surface area contributed by atoms with Gasteiger partial charge in [-0.25, -0.2) is 9.79 Å². The Morgan fingerprint density at radius 1 is 1.00 bits per heavy atom. The lowest BCUT2D eigenvalue weighted by Crippen LogP contribution is -2.36. The molecular weight excluding hydrogens is 404 g/mol. The number of benzene rings is 2. The molecular formula is C25H26N4O3. The molecule has 0 fully saturated rings. The molecule has 1 amide bonds. The number of pyridine rings is 1. The largest absolute Gasteiger partial charge is 0.465 e. The van der Waals surface area contributed by atoms with Crippen molar-refractivity contribution in [1.82, 2.24) is 10.3 Å². The number of amides is 1. The summed E-state index contributed by atoms with van der Waals surface area (Å²) in [4.78, 5) is 33.0. The molecule has 0 aliphatic heterocycles. The zero-order valence-electron chi connectivity index (χ0n) is 18.3. The van der Waals surface area contributed by atoms with Gasteiger partial charge in [-0.15, -0.1) is 0 Å². The number of carbonyl (C=O) groups is 2. The summed E-state index contributed by atoms with van der Waals surface area (Å²) in [5, 5.41) is 5.99. The molecule has 32 heavy (non-hydrogen) atoms. The van der Waals surface area contributed by atoms with E-state index >= 15 is 0 Å². The van der Waals surface area contributed by atoms with E-state index in [1.807, 2.05) is 36.4 Å². The van der Waals surface area contributed by atoms with Gasteiger partial charge in [0.1, 0.15) is 0 Å². The zero-order valence-corrected chi connectivity index (χ0v) is 18.3. The number of carbonyl (C=O) groups excluding carboxylic acids is 2. The number of nitrogens with one attached hydrogen (secondary N) is 2. The van der Waals surface area contributed by atoms with Crippen LogP contribution in [0.2, 0.25) is 0 Å². The Morgan fingerprint density at radius 2 is 1.69 bits per heavy atom. The number of guanidine groups is 1. The van der Waals surface area contributed by atoms with Gasteiger partial charge in [0.25, 0.3) is 5.91 Å². The minimum atomic E-state index is -0.456. The number of methoxy groups -OCH3 is 1. The van der Waals surface area contributed by atoms with Crippen LogP contribution < -0.4 is 10.6 Å². The van der Waals surface area contributed by atoms with Crippen LogP contribution in [0.1, 0.15) is 51.6 Å². The Labute approximate surface area is 187 Å². The van der Waals surface area contributed by atoms with Crippen molar-refractivity contribution in [3.8, 4) is 0 Å². The highest BCUT2D eigenvalue weighted by atomic mass is 16.5. The van der Waals surface area contributed by atoms with Crippen molar-refractivity contribution in [2.24, 2.45) is 4.99 Å². The molecule has 164 valence electrons. The Balaban J connectivity index is 1.78. The fourth-order valence-corrected chi connectivity index (χ4v) is 2.92. The van der Waals surface area contributed by atoms with Crippen LogP contribution in [-0.4, -0.2) is 29.9 Å². The topological polar surface area (TPSA) is 92.7 Å². The molecule has 1 aromatic heterocycles. The number of rotatable bonds is 6. The van der Waals surface area contributed by atoms with Gasteiger partial charge in [-0.1, -0.05) is 32.0 Å². The lowest BCUT2D eigenvalue weighted by Gasteiger charge is -2.13. The monoisotopic (exact) mass is 430 g/mol. The third kappa shape index (κ3) is 6.25. The molecule has 7 nitrogen and oxygen atoms in total. The predicted octanol–water partition coefficient (Wildman–Crippen LogP) is 4.39. The lowest BCUT2D eigenvalue weighted by molar-refractivity contribution is 0.0600. The molecule has 0 radical (unpaired) electrons. The van der Waals surface area contributed by atoms with Crippen molar-refractivity contribution >= 4 is 23.5 Å². The fourth-order valence-electron chi connectivity index (χ4n) is 2.92. The summed E-state index contributed by atoms with van der Waals surface area (Å²) < 4.78 is 4.69. The van der Waals surface area contributed by atoms with Crippen molar-refractivity contribution in [1.29, 1.82) is 0 Å². The minimum absolute atomic E-state index is 0.313. The molecule has 7 heteroatoms. The van der Waals surface area contributed by atoms with E-state index in [1.54, 1.807) is 36.7 Å². The molecule has 0 bridgehead atoms. The molecule has 0 spiro atoms. The van der Waals surface area contributed by atoms with Crippen LogP contribution in [0.25, 0.3) is 0 Å². The smallest absolute Gasteiger partial charge is 0.337 e. The van der Waals surface area contributed by atoms with Crippen LogP contribution in [-0.2, 0) is 11.3 Å². The van der Waals surface area contributed by atoms with Gasteiger partial charge in [0, 0.05) is 23.6 Å². The normalized spacial score (nSPS) is 11.2. The number of esters is 1. The number of anilines is 1. The summed E-state index contributed by atoms with van der Waals surface area (Å²) in [6.07, 6.45) is 3.42. The van der Waals surface area contributed by atoms with Gasteiger partial charge >= 0.3 is 5.97 Å². The number of hydrogen-bond acceptors (Lipinski definition) is 5. The molecule has 2 aromatic carbocycles. The molecule has 3 rings (SSSR count). The van der Waals surface area contributed by atoms with Crippen LogP contribution >= 0.6 is 0 Å². The highest BCUT2D eigenvalue weighted by Gasteiger charge is 2.12.